The number of aromatic nitrogens is 1. The molecule has 0 bridgehead atoms. The second-order valence-corrected chi connectivity index (χ2v) is 4.60. The minimum atomic E-state index is -0.0683. The summed E-state index contributed by atoms with van der Waals surface area (Å²) >= 11 is 0. The molecule has 0 aromatic carbocycles. The maximum absolute atomic E-state index is 11.7. The predicted octanol–water partition coefficient (Wildman–Crippen LogP) is 2.38. The Morgan fingerprint density at radius 2 is 2.00 bits per heavy atom. The summed E-state index contributed by atoms with van der Waals surface area (Å²) in [5, 5.41) is 5.96. The van der Waals surface area contributed by atoms with Crippen molar-refractivity contribution < 1.29 is 4.79 Å². The third kappa shape index (κ3) is 3.44. The Bertz CT molecular complexity index is 360. The molecule has 2 rings (SSSR count). The zero-order chi connectivity index (χ0) is 12.1. The third-order valence-electron chi connectivity index (χ3n) is 3.24. The second kappa shape index (κ2) is 5.66. The summed E-state index contributed by atoms with van der Waals surface area (Å²) in [4.78, 5) is 15.7. The predicted molar refractivity (Wildman–Crippen MR) is 66.6 cm³/mol. The summed E-state index contributed by atoms with van der Waals surface area (Å²) in [5.74, 6) is 0. The Kier molecular flexibility index (Phi) is 3.96. The molecule has 0 unspecified atom stereocenters. The zero-order valence-corrected chi connectivity index (χ0v) is 10.1. The van der Waals surface area contributed by atoms with Crippen molar-refractivity contribution in [2.24, 2.45) is 0 Å². The molecule has 1 aliphatic carbocycles. The molecule has 1 saturated carbocycles. The average Bonchev–Trinajstić information content (AvgIpc) is 2.82. The number of nitrogens with zero attached hydrogens (tertiary/aromatic N) is 1. The van der Waals surface area contributed by atoms with Crippen molar-refractivity contribution >= 4 is 6.03 Å². The highest BCUT2D eigenvalue weighted by Gasteiger charge is 2.18. The number of urea groups is 1. The number of nitrogens with one attached hydrogen (secondary N) is 2. The van der Waals surface area contributed by atoms with Gasteiger partial charge in [0.1, 0.15) is 0 Å². The highest BCUT2D eigenvalue weighted by atomic mass is 16.2. The first-order valence-corrected chi connectivity index (χ1v) is 6.22. The van der Waals surface area contributed by atoms with Crippen LogP contribution in [0.5, 0.6) is 0 Å². The van der Waals surface area contributed by atoms with Gasteiger partial charge in [-0.3, -0.25) is 4.98 Å². The molecule has 1 aliphatic rings. The lowest BCUT2D eigenvalue weighted by atomic mass is 10.1. The molecule has 92 valence electrons. The Balaban J connectivity index is 1.81. The van der Waals surface area contributed by atoms with E-state index in [2.05, 4.69) is 15.6 Å². The van der Waals surface area contributed by atoms with E-state index in [1.165, 1.54) is 12.8 Å². The maximum Gasteiger partial charge on any atom is 0.315 e. The van der Waals surface area contributed by atoms with Gasteiger partial charge in [0, 0.05) is 18.4 Å². The van der Waals surface area contributed by atoms with Gasteiger partial charge in [0.2, 0.25) is 0 Å². The molecule has 4 nitrogen and oxygen atoms in total. The van der Waals surface area contributed by atoms with Gasteiger partial charge in [-0.15, -0.1) is 0 Å². The summed E-state index contributed by atoms with van der Waals surface area (Å²) in [7, 11) is 0. The number of hydrogen-bond donors (Lipinski definition) is 2. The van der Waals surface area contributed by atoms with E-state index in [0.29, 0.717) is 6.04 Å². The number of rotatable bonds is 3. The highest BCUT2D eigenvalue weighted by Crippen LogP contribution is 2.17. The standard InChI is InChI=1S/C13H19N3O/c1-10(11-6-8-14-9-7-11)15-13(17)16-12-4-2-3-5-12/h6-10,12H,2-5H2,1H3,(H2,15,16,17)/t10-/m1/s1. The quantitative estimate of drug-likeness (QED) is 0.842. The molecule has 17 heavy (non-hydrogen) atoms. The molecule has 1 atom stereocenters. The smallest absolute Gasteiger partial charge is 0.315 e. The van der Waals surface area contributed by atoms with E-state index in [1.54, 1.807) is 12.4 Å². The Morgan fingerprint density at radius 3 is 2.65 bits per heavy atom. The van der Waals surface area contributed by atoms with Crippen LogP contribution >= 0.6 is 0 Å². The first-order valence-electron chi connectivity index (χ1n) is 6.22. The van der Waals surface area contributed by atoms with Crippen molar-refractivity contribution in [3.63, 3.8) is 0 Å². The van der Waals surface area contributed by atoms with Gasteiger partial charge in [0.15, 0.2) is 0 Å². The normalized spacial score (nSPS) is 17.7. The van der Waals surface area contributed by atoms with Crippen molar-refractivity contribution in [1.82, 2.24) is 15.6 Å². The molecule has 0 aliphatic heterocycles. The fraction of sp³-hybridized carbons (Fsp3) is 0.538. The van der Waals surface area contributed by atoms with Crippen LogP contribution < -0.4 is 10.6 Å². The van der Waals surface area contributed by atoms with E-state index in [0.717, 1.165) is 18.4 Å². The second-order valence-electron chi connectivity index (χ2n) is 4.60. The van der Waals surface area contributed by atoms with Crippen LogP contribution in [-0.4, -0.2) is 17.1 Å². The highest BCUT2D eigenvalue weighted by molar-refractivity contribution is 5.74. The fourth-order valence-electron chi connectivity index (χ4n) is 2.23. The SMILES string of the molecule is C[C@@H](NC(=O)NC1CCCC1)c1ccncc1. The van der Waals surface area contributed by atoms with E-state index in [1.807, 2.05) is 19.1 Å². The number of carbonyl (C=O) groups is 1. The molecule has 2 N–H and O–H groups in total. The Morgan fingerprint density at radius 1 is 1.35 bits per heavy atom. The topological polar surface area (TPSA) is 54.0 Å². The van der Waals surface area contributed by atoms with Gasteiger partial charge < -0.3 is 10.6 Å². The largest absolute Gasteiger partial charge is 0.335 e. The number of amides is 2. The zero-order valence-electron chi connectivity index (χ0n) is 10.1. The molecule has 4 heteroatoms. The Hall–Kier alpha value is -1.58. The summed E-state index contributed by atoms with van der Waals surface area (Å²) < 4.78 is 0. The van der Waals surface area contributed by atoms with Gasteiger partial charge in [-0.05, 0) is 37.5 Å². The maximum atomic E-state index is 11.7. The van der Waals surface area contributed by atoms with Gasteiger partial charge in [-0.1, -0.05) is 12.8 Å². The summed E-state index contributed by atoms with van der Waals surface area (Å²) in [6.07, 6.45) is 8.15. The molecule has 0 spiro atoms. The molecule has 0 radical (unpaired) electrons. The van der Waals surface area contributed by atoms with Crippen LogP contribution in [0.25, 0.3) is 0 Å². The van der Waals surface area contributed by atoms with Crippen LogP contribution in [0.2, 0.25) is 0 Å². The molecule has 2 amide bonds. The van der Waals surface area contributed by atoms with Crippen LogP contribution in [0, 0.1) is 0 Å². The van der Waals surface area contributed by atoms with Gasteiger partial charge in [0.25, 0.3) is 0 Å². The summed E-state index contributed by atoms with van der Waals surface area (Å²) in [5.41, 5.74) is 1.07. The van der Waals surface area contributed by atoms with E-state index in [9.17, 15) is 4.79 Å². The summed E-state index contributed by atoms with van der Waals surface area (Å²) in [6, 6.07) is 4.14. The van der Waals surface area contributed by atoms with E-state index in [4.69, 9.17) is 0 Å². The molecular formula is C13H19N3O. The van der Waals surface area contributed by atoms with Crippen molar-refractivity contribution in [3.05, 3.63) is 30.1 Å². The van der Waals surface area contributed by atoms with E-state index < -0.39 is 0 Å². The monoisotopic (exact) mass is 233 g/mol. The van der Waals surface area contributed by atoms with Gasteiger partial charge in [-0.25, -0.2) is 4.79 Å². The van der Waals surface area contributed by atoms with Gasteiger partial charge in [0.05, 0.1) is 6.04 Å². The lowest BCUT2D eigenvalue weighted by molar-refractivity contribution is 0.234. The summed E-state index contributed by atoms with van der Waals surface area (Å²) in [6.45, 7) is 1.98. The first kappa shape index (κ1) is 11.9. The molecule has 1 fully saturated rings. The molecule has 0 saturated heterocycles. The van der Waals surface area contributed by atoms with Crippen molar-refractivity contribution in [3.8, 4) is 0 Å². The van der Waals surface area contributed by atoms with Gasteiger partial charge in [-0.2, -0.15) is 0 Å². The minimum absolute atomic E-state index is 0.0133. The van der Waals surface area contributed by atoms with Crippen LogP contribution in [0.1, 0.15) is 44.2 Å². The van der Waals surface area contributed by atoms with Crippen molar-refractivity contribution in [2.75, 3.05) is 0 Å². The number of pyridine rings is 1. The van der Waals surface area contributed by atoms with Crippen LogP contribution in [0.4, 0.5) is 4.79 Å². The lowest BCUT2D eigenvalue weighted by Gasteiger charge is -2.17. The van der Waals surface area contributed by atoms with Crippen LogP contribution in [0.3, 0.4) is 0 Å². The number of hydrogen-bond acceptors (Lipinski definition) is 2. The van der Waals surface area contributed by atoms with Crippen LogP contribution in [-0.2, 0) is 0 Å². The Labute approximate surface area is 102 Å². The van der Waals surface area contributed by atoms with Gasteiger partial charge >= 0.3 is 6.03 Å². The first-order chi connectivity index (χ1) is 8.25. The van der Waals surface area contributed by atoms with Crippen molar-refractivity contribution in [2.45, 2.75) is 44.7 Å². The number of carbonyl (C=O) groups excluding carboxylic acids is 1. The minimum Gasteiger partial charge on any atom is -0.335 e. The third-order valence-corrected chi connectivity index (χ3v) is 3.24. The molecule has 1 heterocycles. The van der Waals surface area contributed by atoms with E-state index >= 15 is 0 Å². The molecular weight excluding hydrogens is 214 g/mol. The molecule has 1 aromatic heterocycles. The molecule has 1 aromatic rings. The van der Waals surface area contributed by atoms with Crippen LogP contribution in [0.15, 0.2) is 24.5 Å². The lowest BCUT2D eigenvalue weighted by Crippen LogP contribution is -2.41. The van der Waals surface area contributed by atoms with E-state index in [-0.39, 0.29) is 12.1 Å². The average molecular weight is 233 g/mol. The van der Waals surface area contributed by atoms with Crippen molar-refractivity contribution in [1.29, 1.82) is 0 Å². The fourth-order valence-corrected chi connectivity index (χ4v) is 2.23.